The van der Waals surface area contributed by atoms with Crippen LogP contribution in [0.25, 0.3) is 22.3 Å². The van der Waals surface area contributed by atoms with Crippen LogP contribution in [0.4, 0.5) is 11.5 Å². The summed E-state index contributed by atoms with van der Waals surface area (Å²) in [5.74, 6) is 2.58. The lowest BCUT2D eigenvalue weighted by Gasteiger charge is -2.13. The van der Waals surface area contributed by atoms with Gasteiger partial charge in [0, 0.05) is 21.7 Å². The van der Waals surface area contributed by atoms with Gasteiger partial charge < -0.3 is 14.8 Å². The molecule has 0 spiro atoms. The third-order valence-electron chi connectivity index (χ3n) is 4.68. The Kier molecular flexibility index (Phi) is 5.23. The molecule has 4 rings (SSSR count). The molecule has 4 aromatic rings. The summed E-state index contributed by atoms with van der Waals surface area (Å²) < 4.78 is 10.8. The molecular weight excluding hydrogens is 386 g/mol. The number of hydrogen-bond acceptors (Lipinski definition) is 5. The van der Waals surface area contributed by atoms with Crippen LogP contribution in [-0.4, -0.2) is 24.2 Å². The normalized spacial score (nSPS) is 10.8. The number of fused-ring (bicyclic) bond motifs is 1. The number of nitrogens with zero attached hydrogens (tertiary/aromatic N) is 2. The first-order valence-corrected chi connectivity index (χ1v) is 9.49. The van der Waals surface area contributed by atoms with E-state index in [1.807, 2.05) is 67.6 Å². The van der Waals surface area contributed by atoms with E-state index in [1.165, 1.54) is 0 Å². The Labute approximate surface area is 174 Å². The van der Waals surface area contributed by atoms with Crippen LogP contribution in [0.15, 0.2) is 60.7 Å². The van der Waals surface area contributed by atoms with Crippen LogP contribution in [0.1, 0.15) is 5.56 Å². The topological polar surface area (TPSA) is 56.3 Å². The lowest BCUT2D eigenvalue weighted by atomic mass is 10.1. The van der Waals surface area contributed by atoms with Crippen LogP contribution in [0.5, 0.6) is 11.5 Å². The van der Waals surface area contributed by atoms with E-state index in [1.54, 1.807) is 14.2 Å². The van der Waals surface area contributed by atoms with Crippen LogP contribution in [0, 0.1) is 6.92 Å². The molecule has 5 nitrogen and oxygen atoms in total. The molecule has 3 aromatic carbocycles. The molecule has 0 saturated carbocycles. The molecule has 6 heteroatoms. The maximum atomic E-state index is 6.29. The summed E-state index contributed by atoms with van der Waals surface area (Å²) in [6.07, 6.45) is 0. The Morgan fingerprint density at radius 3 is 2.41 bits per heavy atom. The predicted octanol–water partition coefficient (Wildman–Crippen LogP) is 6.02. The second-order valence-electron chi connectivity index (χ2n) is 6.57. The quantitative estimate of drug-likeness (QED) is 0.440. The standard InChI is InChI=1S/C23H20ClN3O2/c1-14-8-10-16(13-18(14)24)25-23-17-6-4-5-7-19(17)26-22(27-23)15-9-11-20(28-2)21(12-15)29-3/h4-13H,1-3H3,(H,25,26,27). The van der Waals surface area contributed by atoms with Crippen molar-refractivity contribution in [3.8, 4) is 22.9 Å². The highest BCUT2D eigenvalue weighted by molar-refractivity contribution is 6.31. The lowest BCUT2D eigenvalue weighted by Crippen LogP contribution is -2.00. The van der Waals surface area contributed by atoms with E-state index in [0.717, 1.165) is 27.7 Å². The van der Waals surface area contributed by atoms with Gasteiger partial charge in [-0.05, 0) is 55.0 Å². The first-order valence-electron chi connectivity index (χ1n) is 9.11. The second-order valence-corrected chi connectivity index (χ2v) is 6.98. The summed E-state index contributed by atoms with van der Waals surface area (Å²) in [5, 5.41) is 5.01. The van der Waals surface area contributed by atoms with Gasteiger partial charge in [-0.1, -0.05) is 29.8 Å². The van der Waals surface area contributed by atoms with Crippen molar-refractivity contribution in [3.63, 3.8) is 0 Å². The Morgan fingerprint density at radius 1 is 0.862 bits per heavy atom. The average Bonchev–Trinajstić information content (AvgIpc) is 2.75. The zero-order valence-electron chi connectivity index (χ0n) is 16.4. The summed E-state index contributed by atoms with van der Waals surface area (Å²) in [5.41, 5.74) is 3.56. The fourth-order valence-corrected chi connectivity index (χ4v) is 3.26. The van der Waals surface area contributed by atoms with Crippen LogP contribution in [-0.2, 0) is 0 Å². The Bertz CT molecular complexity index is 1190. The molecule has 0 saturated heterocycles. The number of rotatable bonds is 5. The van der Waals surface area contributed by atoms with E-state index in [-0.39, 0.29) is 0 Å². The van der Waals surface area contributed by atoms with E-state index < -0.39 is 0 Å². The minimum absolute atomic E-state index is 0.588. The number of halogens is 1. The lowest BCUT2D eigenvalue weighted by molar-refractivity contribution is 0.355. The van der Waals surface area contributed by atoms with Crippen LogP contribution in [0.3, 0.4) is 0 Å². The van der Waals surface area contributed by atoms with Crippen LogP contribution < -0.4 is 14.8 Å². The van der Waals surface area contributed by atoms with Gasteiger partial charge in [0.15, 0.2) is 17.3 Å². The summed E-state index contributed by atoms with van der Waals surface area (Å²) in [6.45, 7) is 1.97. The highest BCUT2D eigenvalue weighted by Crippen LogP contribution is 2.33. The first kappa shape index (κ1) is 19.0. The number of ether oxygens (including phenoxy) is 2. The molecule has 0 aliphatic rings. The largest absolute Gasteiger partial charge is 0.493 e. The van der Waals surface area contributed by atoms with E-state index in [4.69, 9.17) is 31.0 Å². The number of para-hydroxylation sites is 1. The van der Waals surface area contributed by atoms with E-state index in [2.05, 4.69) is 5.32 Å². The molecule has 0 fully saturated rings. The number of hydrogen-bond donors (Lipinski definition) is 1. The van der Waals surface area contributed by atoms with Crippen LogP contribution in [0.2, 0.25) is 5.02 Å². The van der Waals surface area contributed by atoms with Crippen LogP contribution >= 0.6 is 11.6 Å². The van der Waals surface area contributed by atoms with Crippen molar-refractivity contribution in [1.82, 2.24) is 9.97 Å². The van der Waals surface area contributed by atoms with Gasteiger partial charge in [0.1, 0.15) is 5.82 Å². The number of nitrogens with one attached hydrogen (secondary N) is 1. The molecule has 1 heterocycles. The summed E-state index contributed by atoms with van der Waals surface area (Å²) in [6, 6.07) is 19.4. The van der Waals surface area contributed by atoms with Crippen molar-refractivity contribution in [2.24, 2.45) is 0 Å². The van der Waals surface area contributed by atoms with Gasteiger partial charge in [0.25, 0.3) is 0 Å². The summed E-state index contributed by atoms with van der Waals surface area (Å²) >= 11 is 6.29. The van der Waals surface area contributed by atoms with Gasteiger partial charge in [0.05, 0.1) is 19.7 Å². The average molecular weight is 406 g/mol. The smallest absolute Gasteiger partial charge is 0.162 e. The molecule has 0 aliphatic heterocycles. The monoisotopic (exact) mass is 405 g/mol. The van der Waals surface area contributed by atoms with Crippen molar-refractivity contribution in [1.29, 1.82) is 0 Å². The summed E-state index contributed by atoms with van der Waals surface area (Å²) in [4.78, 5) is 9.52. The van der Waals surface area contributed by atoms with Gasteiger partial charge in [-0.15, -0.1) is 0 Å². The highest BCUT2D eigenvalue weighted by Gasteiger charge is 2.13. The number of methoxy groups -OCH3 is 2. The molecule has 0 amide bonds. The van der Waals surface area contributed by atoms with Gasteiger partial charge in [0.2, 0.25) is 0 Å². The maximum absolute atomic E-state index is 6.29. The third kappa shape index (κ3) is 3.82. The van der Waals surface area contributed by atoms with Crippen molar-refractivity contribution < 1.29 is 9.47 Å². The van der Waals surface area contributed by atoms with E-state index in [9.17, 15) is 0 Å². The van der Waals surface area contributed by atoms with Crippen molar-refractivity contribution in [2.45, 2.75) is 6.92 Å². The SMILES string of the molecule is COc1ccc(-c2nc(Nc3ccc(C)c(Cl)c3)c3ccccc3n2)cc1OC. The first-order chi connectivity index (χ1) is 14.1. The zero-order chi connectivity index (χ0) is 20.4. The fourth-order valence-electron chi connectivity index (χ4n) is 3.08. The predicted molar refractivity (Wildman–Crippen MR) is 118 cm³/mol. The van der Waals surface area contributed by atoms with Gasteiger partial charge >= 0.3 is 0 Å². The second kappa shape index (κ2) is 7.97. The van der Waals surface area contributed by atoms with E-state index in [0.29, 0.717) is 28.2 Å². The summed E-state index contributed by atoms with van der Waals surface area (Å²) in [7, 11) is 3.22. The van der Waals surface area contributed by atoms with Crippen molar-refractivity contribution in [3.05, 3.63) is 71.2 Å². The van der Waals surface area contributed by atoms with Crippen molar-refractivity contribution >= 4 is 34.0 Å². The molecule has 1 aromatic heterocycles. The molecule has 1 N–H and O–H groups in total. The Morgan fingerprint density at radius 2 is 1.66 bits per heavy atom. The molecule has 0 aliphatic carbocycles. The molecule has 0 atom stereocenters. The molecule has 146 valence electrons. The Balaban J connectivity index is 1.83. The number of benzene rings is 3. The molecule has 0 radical (unpaired) electrons. The third-order valence-corrected chi connectivity index (χ3v) is 5.09. The molecule has 29 heavy (non-hydrogen) atoms. The maximum Gasteiger partial charge on any atom is 0.162 e. The number of aryl methyl sites for hydroxylation is 1. The molecule has 0 unspecified atom stereocenters. The molecular formula is C23H20ClN3O2. The van der Waals surface area contributed by atoms with E-state index >= 15 is 0 Å². The van der Waals surface area contributed by atoms with Gasteiger partial charge in [-0.2, -0.15) is 0 Å². The number of aromatic nitrogens is 2. The Hall–Kier alpha value is -3.31. The minimum Gasteiger partial charge on any atom is -0.493 e. The van der Waals surface area contributed by atoms with Gasteiger partial charge in [-0.25, -0.2) is 9.97 Å². The van der Waals surface area contributed by atoms with Crippen molar-refractivity contribution in [2.75, 3.05) is 19.5 Å². The zero-order valence-corrected chi connectivity index (χ0v) is 17.1. The van der Waals surface area contributed by atoms with Gasteiger partial charge in [-0.3, -0.25) is 0 Å². The minimum atomic E-state index is 0.588. The number of anilines is 2. The molecule has 0 bridgehead atoms. The highest BCUT2D eigenvalue weighted by atomic mass is 35.5. The fraction of sp³-hybridized carbons (Fsp3) is 0.130.